The molecule has 1 atom stereocenters. The first-order chi connectivity index (χ1) is 18.3. The highest BCUT2D eigenvalue weighted by molar-refractivity contribution is 5.90. The molecule has 7 N–H and O–H groups in total. The van der Waals surface area contributed by atoms with Crippen LogP contribution < -0.4 is 36.7 Å². The van der Waals surface area contributed by atoms with Crippen molar-refractivity contribution in [2.24, 2.45) is 5.73 Å². The molecule has 1 aliphatic carbocycles. The number of nitrogens with zero attached hydrogens (tertiary/aromatic N) is 3. The lowest BCUT2D eigenvalue weighted by atomic mass is 10.1. The number of aromatic nitrogens is 3. The number of esters is 1. The predicted octanol–water partition coefficient (Wildman–Crippen LogP) is 2.71. The molecule has 0 bridgehead atoms. The van der Waals surface area contributed by atoms with Crippen molar-refractivity contribution in [2.45, 2.75) is 57.7 Å². The van der Waals surface area contributed by atoms with Gasteiger partial charge in [0.15, 0.2) is 17.1 Å². The first-order valence-electron chi connectivity index (χ1n) is 12.6. The van der Waals surface area contributed by atoms with Crippen LogP contribution in [0.25, 0.3) is 11.0 Å². The van der Waals surface area contributed by atoms with E-state index in [0.29, 0.717) is 41.2 Å². The van der Waals surface area contributed by atoms with E-state index in [2.05, 4.69) is 20.3 Å². The van der Waals surface area contributed by atoms with Gasteiger partial charge < -0.3 is 41.5 Å². The second-order valence-corrected chi connectivity index (χ2v) is 9.22. The van der Waals surface area contributed by atoms with Crippen molar-refractivity contribution >= 4 is 34.5 Å². The third-order valence-corrected chi connectivity index (χ3v) is 6.64. The maximum absolute atomic E-state index is 12.3. The standard InChI is InChI=1S/C26H35N7O5/c1-14-15(13-31-24-21(14)23(28)32-26(29)33-24)12-30-16-10-19(35-2)22(20(11-16)36-3)37-9-8-18(27)25(34)38-17-6-4-5-7-17/h10-11,13,17-18,30H,4-9,12,27H2,1-3H3,(H4,28,29,31,32,33)/t18-/m0/s1. The van der Waals surface area contributed by atoms with Gasteiger partial charge in [-0.3, -0.25) is 4.79 Å². The summed E-state index contributed by atoms with van der Waals surface area (Å²) in [5.41, 5.74) is 20.8. The van der Waals surface area contributed by atoms with Crippen LogP contribution in [0.1, 0.15) is 43.2 Å². The Bertz CT molecular complexity index is 1270. The molecule has 1 aliphatic rings. The zero-order valence-electron chi connectivity index (χ0n) is 22.0. The van der Waals surface area contributed by atoms with Gasteiger partial charge in [0.2, 0.25) is 11.7 Å². The summed E-state index contributed by atoms with van der Waals surface area (Å²) in [7, 11) is 3.09. The topological polar surface area (TPSA) is 183 Å². The summed E-state index contributed by atoms with van der Waals surface area (Å²) in [6.45, 7) is 2.57. The van der Waals surface area contributed by atoms with Gasteiger partial charge in [-0.05, 0) is 43.7 Å². The second-order valence-electron chi connectivity index (χ2n) is 9.22. The van der Waals surface area contributed by atoms with Gasteiger partial charge in [0.05, 0.1) is 26.2 Å². The highest BCUT2D eigenvalue weighted by Gasteiger charge is 2.24. The number of fused-ring (bicyclic) bond motifs is 1. The molecular formula is C26H35N7O5. The minimum atomic E-state index is -0.761. The van der Waals surface area contributed by atoms with E-state index in [1.54, 1.807) is 32.5 Å². The van der Waals surface area contributed by atoms with Gasteiger partial charge in [-0.2, -0.15) is 9.97 Å². The van der Waals surface area contributed by atoms with E-state index < -0.39 is 12.0 Å². The second kappa shape index (κ2) is 12.0. The van der Waals surface area contributed by atoms with Crippen molar-refractivity contribution in [3.05, 3.63) is 29.5 Å². The molecule has 0 amide bonds. The van der Waals surface area contributed by atoms with Gasteiger partial charge >= 0.3 is 5.97 Å². The fraction of sp³-hybridized carbons (Fsp3) is 0.462. The number of nitrogens with one attached hydrogen (secondary N) is 1. The number of anilines is 3. The summed E-state index contributed by atoms with van der Waals surface area (Å²) in [5.74, 6) is 1.33. The lowest BCUT2D eigenvalue weighted by Gasteiger charge is -2.19. The summed E-state index contributed by atoms with van der Waals surface area (Å²) in [6, 6.07) is 2.84. The van der Waals surface area contributed by atoms with Crippen molar-refractivity contribution < 1.29 is 23.7 Å². The van der Waals surface area contributed by atoms with Crippen LogP contribution in [0.2, 0.25) is 0 Å². The highest BCUT2D eigenvalue weighted by Crippen LogP contribution is 2.40. The molecule has 204 valence electrons. The number of methoxy groups -OCH3 is 2. The molecule has 0 radical (unpaired) electrons. The largest absolute Gasteiger partial charge is 0.493 e. The monoisotopic (exact) mass is 525 g/mol. The van der Waals surface area contributed by atoms with Crippen LogP contribution >= 0.6 is 0 Å². The molecule has 38 heavy (non-hydrogen) atoms. The van der Waals surface area contributed by atoms with Gasteiger partial charge in [-0.15, -0.1) is 0 Å². The Hall–Kier alpha value is -4.06. The number of carbonyl (C=O) groups is 1. The summed E-state index contributed by atoms with van der Waals surface area (Å²) >= 11 is 0. The van der Waals surface area contributed by atoms with Crippen LogP contribution in [-0.2, 0) is 16.1 Å². The van der Waals surface area contributed by atoms with E-state index in [1.807, 2.05) is 6.92 Å². The number of benzene rings is 1. The maximum Gasteiger partial charge on any atom is 0.323 e. The molecular weight excluding hydrogens is 490 g/mol. The molecule has 2 aromatic heterocycles. The molecule has 0 unspecified atom stereocenters. The van der Waals surface area contributed by atoms with Crippen LogP contribution in [0, 0.1) is 6.92 Å². The quantitative estimate of drug-likeness (QED) is 0.269. The molecule has 1 fully saturated rings. The third-order valence-electron chi connectivity index (χ3n) is 6.64. The Balaban J connectivity index is 1.41. The van der Waals surface area contributed by atoms with Crippen LogP contribution in [0.3, 0.4) is 0 Å². The van der Waals surface area contributed by atoms with Gasteiger partial charge in [0.25, 0.3) is 0 Å². The van der Waals surface area contributed by atoms with Gasteiger partial charge in [0.1, 0.15) is 18.0 Å². The number of pyridine rings is 1. The number of rotatable bonds is 11. The van der Waals surface area contributed by atoms with Crippen molar-refractivity contribution in [3.8, 4) is 17.2 Å². The van der Waals surface area contributed by atoms with Crippen molar-refractivity contribution in [2.75, 3.05) is 37.6 Å². The number of nitrogen functional groups attached to an aromatic ring is 2. The molecule has 0 saturated heterocycles. The summed E-state index contributed by atoms with van der Waals surface area (Å²) in [4.78, 5) is 24.9. The van der Waals surface area contributed by atoms with E-state index in [0.717, 1.165) is 42.5 Å². The lowest BCUT2D eigenvalue weighted by molar-refractivity contribution is -0.150. The Kier molecular flexibility index (Phi) is 8.52. The van der Waals surface area contributed by atoms with E-state index in [1.165, 1.54) is 0 Å². The molecule has 12 nitrogen and oxygen atoms in total. The average Bonchev–Trinajstić information content (AvgIpc) is 3.41. The predicted molar refractivity (Wildman–Crippen MR) is 144 cm³/mol. The minimum absolute atomic E-state index is 0.0200. The Labute approximate surface area is 221 Å². The minimum Gasteiger partial charge on any atom is -0.493 e. The van der Waals surface area contributed by atoms with Crippen molar-refractivity contribution in [3.63, 3.8) is 0 Å². The van der Waals surface area contributed by atoms with E-state index >= 15 is 0 Å². The fourth-order valence-corrected chi connectivity index (χ4v) is 4.50. The first-order valence-corrected chi connectivity index (χ1v) is 12.6. The third kappa shape index (κ3) is 6.08. The zero-order chi connectivity index (χ0) is 27.2. The highest BCUT2D eigenvalue weighted by atomic mass is 16.5. The zero-order valence-corrected chi connectivity index (χ0v) is 22.0. The fourth-order valence-electron chi connectivity index (χ4n) is 4.50. The average molecular weight is 526 g/mol. The van der Waals surface area contributed by atoms with E-state index in [9.17, 15) is 4.79 Å². The molecule has 3 aromatic rings. The molecule has 2 heterocycles. The van der Waals surface area contributed by atoms with Crippen LogP contribution in [0.4, 0.5) is 17.5 Å². The number of ether oxygens (including phenoxy) is 4. The van der Waals surface area contributed by atoms with E-state index in [-0.39, 0.29) is 24.5 Å². The molecule has 12 heteroatoms. The maximum atomic E-state index is 12.3. The number of nitrogens with two attached hydrogens (primary N) is 3. The lowest BCUT2D eigenvalue weighted by Crippen LogP contribution is -2.35. The molecule has 0 spiro atoms. The molecule has 1 aromatic carbocycles. The van der Waals surface area contributed by atoms with E-state index in [4.69, 9.17) is 36.1 Å². The Morgan fingerprint density at radius 2 is 1.82 bits per heavy atom. The molecule has 0 aliphatic heterocycles. The van der Waals surface area contributed by atoms with Crippen LogP contribution in [-0.4, -0.2) is 53.9 Å². The summed E-state index contributed by atoms with van der Waals surface area (Å²) in [6.07, 6.45) is 5.97. The molecule has 4 rings (SSSR count). The smallest absolute Gasteiger partial charge is 0.323 e. The SMILES string of the molecule is COc1cc(NCc2cnc3nc(N)nc(N)c3c2C)cc(OC)c1OCC[C@H](N)C(=O)OC1CCCC1. The van der Waals surface area contributed by atoms with Crippen LogP contribution in [0.5, 0.6) is 17.2 Å². The number of hydrogen-bond acceptors (Lipinski definition) is 12. The van der Waals surface area contributed by atoms with Crippen molar-refractivity contribution in [1.82, 2.24) is 15.0 Å². The Morgan fingerprint density at radius 3 is 2.47 bits per heavy atom. The van der Waals surface area contributed by atoms with Gasteiger partial charge in [0, 0.05) is 37.0 Å². The number of carbonyl (C=O) groups excluding carboxylic acids is 1. The van der Waals surface area contributed by atoms with Crippen LogP contribution in [0.15, 0.2) is 18.3 Å². The van der Waals surface area contributed by atoms with Gasteiger partial charge in [-0.1, -0.05) is 0 Å². The van der Waals surface area contributed by atoms with Crippen molar-refractivity contribution in [1.29, 1.82) is 0 Å². The molecule has 1 saturated carbocycles. The number of aryl methyl sites for hydroxylation is 1. The first kappa shape index (κ1) is 27.0. The van der Waals surface area contributed by atoms with Gasteiger partial charge in [-0.25, -0.2) is 4.98 Å². The summed E-state index contributed by atoms with van der Waals surface area (Å²) < 4.78 is 22.5. The normalized spacial score (nSPS) is 14.3. The number of hydrogen-bond donors (Lipinski definition) is 4. The summed E-state index contributed by atoms with van der Waals surface area (Å²) in [5, 5.41) is 4.02. The Morgan fingerprint density at radius 1 is 1.13 bits per heavy atom.